The molecule has 0 fully saturated rings. The van der Waals surface area contributed by atoms with E-state index in [1.165, 1.54) is 19.3 Å². The molecule has 0 heterocycles. The zero-order valence-electron chi connectivity index (χ0n) is 4.78. The van der Waals surface area contributed by atoms with Crippen LogP contribution in [0.5, 0.6) is 0 Å². The molecule has 0 N–H and O–H groups in total. The van der Waals surface area contributed by atoms with Crippen LogP contribution in [0.25, 0.3) is 0 Å². The standard InChI is InChI=1S/C7H11/c1-7-5-3-2-4-6-7/h2,7H,3,5-6H2,1H3/t7-/m0/s1. The van der Waals surface area contributed by atoms with Crippen molar-refractivity contribution >= 4 is 0 Å². The van der Waals surface area contributed by atoms with E-state index in [0.29, 0.717) is 0 Å². The molecule has 0 bridgehead atoms. The van der Waals surface area contributed by atoms with Gasteiger partial charge in [0.15, 0.2) is 0 Å². The summed E-state index contributed by atoms with van der Waals surface area (Å²) in [5, 5.41) is 0. The summed E-state index contributed by atoms with van der Waals surface area (Å²) in [5.74, 6) is 0.894. The summed E-state index contributed by atoms with van der Waals surface area (Å²) in [5.41, 5.74) is 0. The van der Waals surface area contributed by atoms with Crippen LogP contribution in [0.4, 0.5) is 0 Å². The number of hydrogen-bond acceptors (Lipinski definition) is 0. The highest BCUT2D eigenvalue weighted by Gasteiger charge is 2.00. The molecule has 0 aromatic rings. The van der Waals surface area contributed by atoms with Crippen molar-refractivity contribution in [2.24, 2.45) is 5.92 Å². The van der Waals surface area contributed by atoms with Crippen molar-refractivity contribution in [3.8, 4) is 0 Å². The fraction of sp³-hybridized carbons (Fsp3) is 0.714. The zero-order chi connectivity index (χ0) is 5.11. The SMILES string of the molecule is C[C@@H]1C[C]=CCC1. The molecule has 1 radical (unpaired) electrons. The molecule has 0 saturated carbocycles. The van der Waals surface area contributed by atoms with Gasteiger partial charge < -0.3 is 0 Å². The highest BCUT2D eigenvalue weighted by Crippen LogP contribution is 2.15. The van der Waals surface area contributed by atoms with Crippen molar-refractivity contribution < 1.29 is 0 Å². The van der Waals surface area contributed by atoms with Gasteiger partial charge in [-0.1, -0.05) is 13.0 Å². The first-order valence-electron chi connectivity index (χ1n) is 2.94. The minimum Gasteiger partial charge on any atom is -0.0810 e. The summed E-state index contributed by atoms with van der Waals surface area (Å²) in [4.78, 5) is 0. The molecule has 7 heavy (non-hydrogen) atoms. The van der Waals surface area contributed by atoms with E-state index in [1.54, 1.807) is 0 Å². The molecule has 39 valence electrons. The molecule has 0 nitrogen and oxygen atoms in total. The summed E-state index contributed by atoms with van der Waals surface area (Å²) in [7, 11) is 0. The van der Waals surface area contributed by atoms with Crippen LogP contribution in [-0.2, 0) is 0 Å². The van der Waals surface area contributed by atoms with E-state index >= 15 is 0 Å². The first-order valence-corrected chi connectivity index (χ1v) is 2.94. The Bertz CT molecular complexity index is 72.1. The topological polar surface area (TPSA) is 0 Å². The van der Waals surface area contributed by atoms with E-state index in [2.05, 4.69) is 19.1 Å². The Labute approximate surface area is 45.2 Å². The van der Waals surface area contributed by atoms with Gasteiger partial charge in [0, 0.05) is 0 Å². The van der Waals surface area contributed by atoms with Crippen molar-refractivity contribution in [3.63, 3.8) is 0 Å². The van der Waals surface area contributed by atoms with Crippen molar-refractivity contribution in [1.29, 1.82) is 0 Å². The Kier molecular flexibility index (Phi) is 1.50. The summed E-state index contributed by atoms with van der Waals surface area (Å²) in [6, 6.07) is 0. The molecule has 0 aromatic heterocycles. The molecule has 1 rings (SSSR count). The smallest absolute Gasteiger partial charge is 0.0253 e. The maximum atomic E-state index is 3.21. The molecule has 0 aromatic carbocycles. The Balaban J connectivity index is 2.32. The Morgan fingerprint density at radius 3 is 2.86 bits per heavy atom. The lowest BCUT2D eigenvalue weighted by molar-refractivity contribution is 0.519. The van der Waals surface area contributed by atoms with Crippen LogP contribution in [0, 0.1) is 12.0 Å². The molecule has 0 heteroatoms. The predicted molar refractivity (Wildman–Crippen MR) is 30.8 cm³/mol. The van der Waals surface area contributed by atoms with Gasteiger partial charge in [-0.15, -0.1) is 0 Å². The van der Waals surface area contributed by atoms with Gasteiger partial charge in [-0.3, -0.25) is 0 Å². The zero-order valence-corrected chi connectivity index (χ0v) is 4.78. The number of rotatable bonds is 0. The Hall–Kier alpha value is -0.260. The van der Waals surface area contributed by atoms with Gasteiger partial charge in [0.25, 0.3) is 0 Å². The molecule has 1 aliphatic carbocycles. The average molecular weight is 95.2 g/mol. The van der Waals surface area contributed by atoms with Gasteiger partial charge in [0.05, 0.1) is 0 Å². The first kappa shape index (κ1) is 4.89. The van der Waals surface area contributed by atoms with Crippen LogP contribution in [0.2, 0.25) is 0 Å². The quantitative estimate of drug-likeness (QED) is 0.432. The summed E-state index contributed by atoms with van der Waals surface area (Å²) >= 11 is 0. The highest BCUT2D eigenvalue weighted by atomic mass is 14.1. The third-order valence-corrected chi connectivity index (χ3v) is 1.41. The maximum absolute atomic E-state index is 3.21. The maximum Gasteiger partial charge on any atom is -0.0253 e. The second kappa shape index (κ2) is 2.15. The van der Waals surface area contributed by atoms with Crippen molar-refractivity contribution in [2.45, 2.75) is 26.2 Å². The van der Waals surface area contributed by atoms with Crippen molar-refractivity contribution in [1.82, 2.24) is 0 Å². The second-order valence-corrected chi connectivity index (χ2v) is 2.29. The first-order chi connectivity index (χ1) is 3.39. The molecule has 0 saturated heterocycles. The van der Waals surface area contributed by atoms with Crippen molar-refractivity contribution in [3.05, 3.63) is 12.2 Å². The summed E-state index contributed by atoms with van der Waals surface area (Å²) < 4.78 is 0. The average Bonchev–Trinajstić information content (AvgIpc) is 1.69. The van der Waals surface area contributed by atoms with Crippen molar-refractivity contribution in [2.75, 3.05) is 0 Å². The fourth-order valence-electron chi connectivity index (χ4n) is 0.856. The molecule has 0 amide bonds. The fourth-order valence-corrected chi connectivity index (χ4v) is 0.856. The van der Waals surface area contributed by atoms with E-state index < -0.39 is 0 Å². The van der Waals surface area contributed by atoms with Crippen LogP contribution < -0.4 is 0 Å². The summed E-state index contributed by atoms with van der Waals surface area (Å²) in [6.45, 7) is 2.28. The molecule has 0 aliphatic heterocycles. The molecule has 1 atom stereocenters. The van der Waals surface area contributed by atoms with Crippen LogP contribution in [0.15, 0.2) is 6.08 Å². The minimum atomic E-state index is 0.894. The van der Waals surface area contributed by atoms with E-state index in [-0.39, 0.29) is 0 Å². The molecular formula is C7H11. The van der Waals surface area contributed by atoms with Crippen LogP contribution in [0.3, 0.4) is 0 Å². The van der Waals surface area contributed by atoms with Crippen LogP contribution in [-0.4, -0.2) is 0 Å². The van der Waals surface area contributed by atoms with E-state index in [0.717, 1.165) is 5.92 Å². The lowest BCUT2D eigenvalue weighted by Gasteiger charge is -2.09. The van der Waals surface area contributed by atoms with Gasteiger partial charge in [-0.25, -0.2) is 0 Å². The van der Waals surface area contributed by atoms with Crippen LogP contribution >= 0.6 is 0 Å². The van der Waals surface area contributed by atoms with Gasteiger partial charge in [-0.2, -0.15) is 0 Å². The lowest BCUT2D eigenvalue weighted by atomic mass is 9.97. The van der Waals surface area contributed by atoms with Gasteiger partial charge >= 0.3 is 0 Å². The number of hydrogen-bond donors (Lipinski definition) is 0. The third kappa shape index (κ3) is 1.34. The Morgan fingerprint density at radius 2 is 2.57 bits per heavy atom. The molecular weight excluding hydrogens is 84.1 g/mol. The monoisotopic (exact) mass is 95.1 g/mol. The molecule has 0 spiro atoms. The highest BCUT2D eigenvalue weighted by molar-refractivity contribution is 4.81. The van der Waals surface area contributed by atoms with Crippen LogP contribution in [0.1, 0.15) is 26.2 Å². The predicted octanol–water partition coefficient (Wildman–Crippen LogP) is 2.17. The van der Waals surface area contributed by atoms with Gasteiger partial charge in [-0.05, 0) is 31.3 Å². The summed E-state index contributed by atoms with van der Waals surface area (Å²) in [6.07, 6.45) is 9.16. The van der Waals surface area contributed by atoms with E-state index in [4.69, 9.17) is 0 Å². The Morgan fingerprint density at radius 1 is 1.71 bits per heavy atom. The van der Waals surface area contributed by atoms with Gasteiger partial charge in [0.1, 0.15) is 0 Å². The molecule has 1 aliphatic rings. The minimum absolute atomic E-state index is 0.894. The van der Waals surface area contributed by atoms with E-state index in [9.17, 15) is 0 Å². The number of allylic oxidation sites excluding steroid dienone is 2. The van der Waals surface area contributed by atoms with Gasteiger partial charge in [0.2, 0.25) is 0 Å². The third-order valence-electron chi connectivity index (χ3n) is 1.41. The molecule has 0 unspecified atom stereocenters. The second-order valence-electron chi connectivity index (χ2n) is 2.29. The largest absolute Gasteiger partial charge is 0.0810 e. The normalized spacial score (nSPS) is 30.7. The lowest BCUT2D eigenvalue weighted by Crippen LogP contribution is -1.95. The van der Waals surface area contributed by atoms with E-state index in [1.807, 2.05) is 0 Å².